The quantitative estimate of drug-likeness (QED) is 0.322. The Balaban J connectivity index is 1.30. The highest BCUT2D eigenvalue weighted by atomic mass is 35.5. The number of likely N-dealkylation sites (tertiary alicyclic amines) is 1. The summed E-state index contributed by atoms with van der Waals surface area (Å²) in [6.45, 7) is 4.31. The Bertz CT molecular complexity index is 1350. The van der Waals surface area contributed by atoms with E-state index in [2.05, 4.69) is 15.2 Å². The van der Waals surface area contributed by atoms with Crippen LogP contribution in [0.4, 0.5) is 5.13 Å². The van der Waals surface area contributed by atoms with Crippen LogP contribution < -0.4 is 14.0 Å². The average molecular weight is 498 g/mol. The standard InChI is InChI=1S/C24H22ClN4O4S/c1-14-10-18(32-17-6-4-16(5-7-17)22-28-27-15(2)31-22)12-19(11-14)33-20-8-9-29(3,23(20)30)24-26-13-21(25)34-24/h4-7,10-13,20H,8-9H2,1-3H3/q+1. The second-order valence-corrected chi connectivity index (χ2v) is 9.97. The predicted octanol–water partition coefficient (Wildman–Crippen LogP) is 5.57. The molecule has 0 aliphatic carbocycles. The van der Waals surface area contributed by atoms with E-state index in [9.17, 15) is 4.79 Å². The molecule has 2 aromatic heterocycles. The van der Waals surface area contributed by atoms with E-state index in [0.717, 1.165) is 11.1 Å². The largest absolute Gasteiger partial charge is 0.476 e. The highest BCUT2D eigenvalue weighted by molar-refractivity contribution is 7.19. The summed E-state index contributed by atoms with van der Waals surface area (Å²) in [6.07, 6.45) is 1.60. The smallest absolute Gasteiger partial charge is 0.361 e. The molecule has 1 aliphatic heterocycles. The third-order valence-electron chi connectivity index (χ3n) is 5.65. The van der Waals surface area contributed by atoms with Gasteiger partial charge in [0.25, 0.3) is 5.13 Å². The monoisotopic (exact) mass is 497 g/mol. The van der Waals surface area contributed by atoms with Gasteiger partial charge in [0.1, 0.15) is 21.6 Å². The van der Waals surface area contributed by atoms with Crippen LogP contribution in [-0.2, 0) is 4.79 Å². The van der Waals surface area contributed by atoms with Gasteiger partial charge >= 0.3 is 5.91 Å². The number of ether oxygens (including phenoxy) is 2. The fourth-order valence-electron chi connectivity index (χ4n) is 3.92. The maximum absolute atomic E-state index is 13.2. The molecule has 0 bridgehead atoms. The van der Waals surface area contributed by atoms with Crippen LogP contribution in [0.1, 0.15) is 17.9 Å². The molecule has 5 rings (SSSR count). The minimum absolute atomic E-state index is 0.0400. The van der Waals surface area contributed by atoms with Crippen molar-refractivity contribution in [3.05, 3.63) is 64.5 Å². The first-order valence-corrected chi connectivity index (χ1v) is 11.9. The van der Waals surface area contributed by atoms with Gasteiger partial charge in [-0.2, -0.15) is 4.98 Å². The molecule has 0 saturated carbocycles. The lowest BCUT2D eigenvalue weighted by Crippen LogP contribution is -2.49. The lowest BCUT2D eigenvalue weighted by atomic mass is 10.2. The summed E-state index contributed by atoms with van der Waals surface area (Å²) in [4.78, 5) is 17.5. The number of aromatic nitrogens is 3. The number of halogens is 1. The Hall–Kier alpha value is -3.27. The number of amides is 1. The first kappa shape index (κ1) is 22.5. The second-order valence-electron chi connectivity index (χ2n) is 8.33. The van der Waals surface area contributed by atoms with Crippen LogP contribution in [0.15, 0.2) is 53.1 Å². The fourth-order valence-corrected chi connectivity index (χ4v) is 4.94. The minimum atomic E-state index is -0.570. The van der Waals surface area contributed by atoms with Gasteiger partial charge in [0, 0.05) is 25.0 Å². The number of hydrogen-bond donors (Lipinski definition) is 0. The van der Waals surface area contributed by atoms with E-state index in [1.54, 1.807) is 19.2 Å². The summed E-state index contributed by atoms with van der Waals surface area (Å²) in [5.41, 5.74) is 1.77. The van der Waals surface area contributed by atoms with Crippen LogP contribution in [0, 0.1) is 13.8 Å². The fraction of sp³-hybridized carbons (Fsp3) is 0.250. The Morgan fingerprint density at radius 3 is 2.53 bits per heavy atom. The molecule has 1 amide bonds. The van der Waals surface area contributed by atoms with Gasteiger partial charge in [-0.3, -0.25) is 0 Å². The normalized spacial score (nSPS) is 20.0. The van der Waals surface area contributed by atoms with Gasteiger partial charge in [0.15, 0.2) is 0 Å². The number of carbonyl (C=O) groups is 1. The van der Waals surface area contributed by atoms with Gasteiger partial charge in [0.05, 0.1) is 19.8 Å². The van der Waals surface area contributed by atoms with Crippen LogP contribution >= 0.6 is 22.9 Å². The lowest BCUT2D eigenvalue weighted by Gasteiger charge is -2.22. The zero-order valence-corrected chi connectivity index (χ0v) is 20.4. The van der Waals surface area contributed by atoms with E-state index < -0.39 is 6.10 Å². The second kappa shape index (κ2) is 8.83. The molecule has 2 aromatic carbocycles. The molecule has 8 nitrogen and oxygen atoms in total. The topological polar surface area (TPSA) is 87.3 Å². The number of quaternary nitrogens is 1. The van der Waals surface area contributed by atoms with Crippen molar-refractivity contribution < 1.29 is 18.7 Å². The van der Waals surface area contributed by atoms with E-state index in [1.807, 2.05) is 50.4 Å². The van der Waals surface area contributed by atoms with E-state index in [1.165, 1.54) is 11.3 Å². The SMILES string of the molecule is Cc1cc(Oc2ccc(-c3nnc(C)o3)cc2)cc(OC2CC[N+](C)(c3ncc(Cl)s3)C2=O)c1. The van der Waals surface area contributed by atoms with Gasteiger partial charge in [-0.25, -0.2) is 9.28 Å². The Morgan fingerprint density at radius 2 is 1.85 bits per heavy atom. The van der Waals surface area contributed by atoms with Crippen molar-refractivity contribution in [3.63, 3.8) is 0 Å². The van der Waals surface area contributed by atoms with Crippen molar-refractivity contribution in [3.8, 4) is 28.7 Å². The number of carbonyl (C=O) groups excluding carboxylic acids is 1. The molecule has 4 aromatic rings. The molecule has 10 heteroatoms. The van der Waals surface area contributed by atoms with E-state index >= 15 is 0 Å². The van der Waals surface area contributed by atoms with E-state index in [-0.39, 0.29) is 10.4 Å². The number of likely N-dealkylation sites (N-methyl/N-ethyl adjacent to an activating group) is 1. The van der Waals surface area contributed by atoms with E-state index in [0.29, 0.717) is 51.5 Å². The summed E-state index contributed by atoms with van der Waals surface area (Å²) in [5, 5.41) is 8.55. The highest BCUT2D eigenvalue weighted by Gasteiger charge is 2.50. The Kier molecular flexibility index (Phi) is 5.85. The van der Waals surface area contributed by atoms with Crippen LogP contribution in [0.25, 0.3) is 11.5 Å². The number of thiazole rings is 1. The lowest BCUT2D eigenvalue weighted by molar-refractivity contribution is -0.131. The number of rotatable bonds is 6. The first-order chi connectivity index (χ1) is 16.3. The summed E-state index contributed by atoms with van der Waals surface area (Å²) < 4.78 is 18.3. The van der Waals surface area contributed by atoms with E-state index in [4.69, 9.17) is 25.5 Å². The maximum Gasteiger partial charge on any atom is 0.361 e. The average Bonchev–Trinajstić information content (AvgIpc) is 3.51. The number of aryl methyl sites for hydroxylation is 2. The van der Waals surface area contributed by atoms with Crippen LogP contribution in [-0.4, -0.2) is 40.8 Å². The predicted molar refractivity (Wildman–Crippen MR) is 129 cm³/mol. The summed E-state index contributed by atoms with van der Waals surface area (Å²) in [7, 11) is 1.85. The molecule has 2 atom stereocenters. The van der Waals surface area contributed by atoms with Crippen molar-refractivity contribution in [1.29, 1.82) is 0 Å². The molecule has 0 N–H and O–H groups in total. The van der Waals surface area contributed by atoms with Crippen molar-refractivity contribution in [1.82, 2.24) is 19.7 Å². The highest BCUT2D eigenvalue weighted by Crippen LogP contribution is 2.36. The van der Waals surface area contributed by atoms with Gasteiger partial charge in [-0.1, -0.05) is 11.6 Å². The van der Waals surface area contributed by atoms with Crippen molar-refractivity contribution >= 4 is 34.0 Å². The Morgan fingerprint density at radius 1 is 1.09 bits per heavy atom. The molecular formula is C24H22ClN4O4S+. The number of benzene rings is 2. The van der Waals surface area contributed by atoms with Crippen LogP contribution in [0.2, 0.25) is 4.34 Å². The summed E-state index contributed by atoms with van der Waals surface area (Å²) in [6, 6.07) is 13.0. The molecule has 1 aliphatic rings. The number of hydrogen-bond acceptors (Lipinski definition) is 8. The maximum atomic E-state index is 13.2. The third-order valence-corrected chi connectivity index (χ3v) is 6.97. The zero-order chi connectivity index (χ0) is 23.9. The van der Waals surface area contributed by atoms with Crippen molar-refractivity contribution in [2.45, 2.75) is 26.4 Å². The molecule has 2 unspecified atom stereocenters. The van der Waals surface area contributed by atoms with Gasteiger partial charge in [0.2, 0.25) is 17.9 Å². The van der Waals surface area contributed by atoms with Crippen molar-refractivity contribution in [2.24, 2.45) is 0 Å². The zero-order valence-electron chi connectivity index (χ0n) is 18.8. The third kappa shape index (κ3) is 4.42. The van der Waals surface area contributed by atoms with Gasteiger partial charge in [-0.15, -0.1) is 10.2 Å². The summed E-state index contributed by atoms with van der Waals surface area (Å²) >= 11 is 7.36. The molecule has 0 spiro atoms. The van der Waals surface area contributed by atoms with Gasteiger partial charge in [-0.05, 0) is 60.2 Å². The van der Waals surface area contributed by atoms with Gasteiger partial charge < -0.3 is 13.9 Å². The summed E-state index contributed by atoms with van der Waals surface area (Å²) in [5.74, 6) is 2.78. The first-order valence-electron chi connectivity index (χ1n) is 10.7. The molecule has 1 saturated heterocycles. The minimum Gasteiger partial charge on any atom is -0.476 e. The molecule has 174 valence electrons. The molecule has 1 fully saturated rings. The van der Waals surface area contributed by atoms with Crippen LogP contribution in [0.5, 0.6) is 17.2 Å². The van der Waals surface area contributed by atoms with Crippen LogP contribution in [0.3, 0.4) is 0 Å². The molecule has 3 heterocycles. The Labute approximate surface area is 205 Å². The molecule has 34 heavy (non-hydrogen) atoms. The number of nitrogens with zero attached hydrogens (tertiary/aromatic N) is 4. The van der Waals surface area contributed by atoms with Crippen molar-refractivity contribution in [2.75, 3.05) is 13.6 Å². The molecular weight excluding hydrogens is 476 g/mol. The molecule has 0 radical (unpaired) electrons.